The molecule has 0 radical (unpaired) electrons. The molecule has 7 heteroatoms. The van der Waals surface area contributed by atoms with E-state index in [1.165, 1.54) is 23.1 Å². The number of benzene rings is 1. The van der Waals surface area contributed by atoms with Gasteiger partial charge in [0.1, 0.15) is 11.6 Å². The van der Waals surface area contributed by atoms with Crippen LogP contribution in [0.1, 0.15) is 26.2 Å². The largest absolute Gasteiger partial charge is 0.491 e. The van der Waals surface area contributed by atoms with Gasteiger partial charge in [-0.2, -0.15) is 0 Å². The molecular formula is C17H21FN2O4. The van der Waals surface area contributed by atoms with E-state index < -0.39 is 23.2 Å². The van der Waals surface area contributed by atoms with Crippen molar-refractivity contribution < 1.29 is 23.8 Å². The number of likely N-dealkylation sites (tertiary alicyclic amines) is 1. The highest BCUT2D eigenvalue weighted by atomic mass is 19.1. The average molecular weight is 336 g/mol. The first-order chi connectivity index (χ1) is 11.4. The van der Waals surface area contributed by atoms with Crippen LogP contribution in [0.2, 0.25) is 0 Å². The Labute approximate surface area is 139 Å². The van der Waals surface area contributed by atoms with Crippen molar-refractivity contribution in [2.45, 2.75) is 26.2 Å². The molecule has 1 saturated heterocycles. The third kappa shape index (κ3) is 3.60. The predicted molar refractivity (Wildman–Crippen MR) is 85.6 cm³/mol. The van der Waals surface area contributed by atoms with Crippen LogP contribution in [0.4, 0.5) is 14.9 Å². The van der Waals surface area contributed by atoms with E-state index >= 15 is 0 Å². The average Bonchev–Trinajstić information content (AvgIpc) is 3.27. The molecule has 6 nitrogen and oxygen atoms in total. The number of urea groups is 1. The van der Waals surface area contributed by atoms with Crippen LogP contribution in [0, 0.1) is 17.2 Å². The summed E-state index contributed by atoms with van der Waals surface area (Å²) in [6.07, 6.45) is 2.63. The molecule has 130 valence electrons. The summed E-state index contributed by atoms with van der Waals surface area (Å²) in [5.41, 5.74) is -0.531. The van der Waals surface area contributed by atoms with E-state index in [0.717, 1.165) is 12.8 Å². The Morgan fingerprint density at radius 1 is 1.46 bits per heavy atom. The van der Waals surface area contributed by atoms with Gasteiger partial charge >= 0.3 is 12.0 Å². The van der Waals surface area contributed by atoms with Gasteiger partial charge in [-0.15, -0.1) is 0 Å². The van der Waals surface area contributed by atoms with Crippen LogP contribution < -0.4 is 10.1 Å². The molecule has 2 amide bonds. The summed E-state index contributed by atoms with van der Waals surface area (Å²) in [6, 6.07) is 3.57. The number of halogens is 1. The van der Waals surface area contributed by atoms with Gasteiger partial charge < -0.3 is 20.1 Å². The first-order valence-corrected chi connectivity index (χ1v) is 8.09. The van der Waals surface area contributed by atoms with Gasteiger partial charge in [0.25, 0.3) is 0 Å². The topological polar surface area (TPSA) is 78.9 Å². The number of carboxylic acids is 1. The highest BCUT2D eigenvalue weighted by Crippen LogP contribution is 2.33. The lowest BCUT2D eigenvalue weighted by Gasteiger charge is -2.21. The van der Waals surface area contributed by atoms with E-state index in [-0.39, 0.29) is 6.54 Å². The van der Waals surface area contributed by atoms with Crippen LogP contribution in [0.5, 0.6) is 5.75 Å². The second kappa shape index (κ2) is 6.30. The number of nitrogens with one attached hydrogen (secondary N) is 1. The van der Waals surface area contributed by atoms with E-state index in [2.05, 4.69) is 5.32 Å². The monoisotopic (exact) mass is 336 g/mol. The summed E-state index contributed by atoms with van der Waals surface area (Å²) in [4.78, 5) is 25.1. The fraction of sp³-hybridized carbons (Fsp3) is 0.529. The number of carboxylic acid groups (broad SMARTS) is 1. The van der Waals surface area contributed by atoms with Crippen molar-refractivity contribution in [3.05, 3.63) is 24.0 Å². The van der Waals surface area contributed by atoms with Gasteiger partial charge in [0, 0.05) is 19.2 Å². The summed E-state index contributed by atoms with van der Waals surface area (Å²) in [7, 11) is 0. The molecule has 24 heavy (non-hydrogen) atoms. The number of carbonyl (C=O) groups is 2. The SMILES string of the molecule is CC1(C(=O)O)CCN(C(=O)Nc2ccc(F)cc2OCC2CC2)C1. The van der Waals surface area contributed by atoms with E-state index in [9.17, 15) is 19.1 Å². The second-order valence-corrected chi connectivity index (χ2v) is 6.86. The van der Waals surface area contributed by atoms with Crippen molar-refractivity contribution in [2.24, 2.45) is 11.3 Å². The minimum atomic E-state index is -0.925. The molecule has 1 heterocycles. The fourth-order valence-electron chi connectivity index (χ4n) is 2.71. The Balaban J connectivity index is 1.66. The van der Waals surface area contributed by atoms with Crippen molar-refractivity contribution in [2.75, 3.05) is 25.0 Å². The Morgan fingerprint density at radius 3 is 2.83 bits per heavy atom. The lowest BCUT2D eigenvalue weighted by Crippen LogP contribution is -2.37. The standard InChI is InChI=1S/C17H21FN2O4/c1-17(15(21)22)6-7-20(10-17)16(23)19-13-5-4-12(18)8-14(13)24-9-11-2-3-11/h4-5,8,11H,2-3,6-7,9-10H2,1H3,(H,19,23)(H,21,22). The Kier molecular flexibility index (Phi) is 4.34. The summed E-state index contributed by atoms with van der Waals surface area (Å²) in [5.74, 6) is -0.534. The summed E-state index contributed by atoms with van der Waals surface area (Å²) < 4.78 is 19.1. The summed E-state index contributed by atoms with van der Waals surface area (Å²) in [6.45, 7) is 2.65. The second-order valence-electron chi connectivity index (χ2n) is 6.86. The number of carbonyl (C=O) groups excluding carboxylic acids is 1. The Morgan fingerprint density at radius 2 is 2.21 bits per heavy atom. The minimum Gasteiger partial charge on any atom is -0.491 e. The molecule has 3 rings (SSSR count). The highest BCUT2D eigenvalue weighted by molar-refractivity contribution is 5.92. The smallest absolute Gasteiger partial charge is 0.321 e. The number of anilines is 1. The molecular weight excluding hydrogens is 315 g/mol. The summed E-state index contributed by atoms with van der Waals surface area (Å²) >= 11 is 0. The molecule has 2 fully saturated rings. The lowest BCUT2D eigenvalue weighted by molar-refractivity contribution is -0.146. The predicted octanol–water partition coefficient (Wildman–Crippen LogP) is 2.94. The molecule has 0 spiro atoms. The number of ether oxygens (including phenoxy) is 1. The van der Waals surface area contributed by atoms with Gasteiger partial charge in [-0.05, 0) is 44.2 Å². The van der Waals surface area contributed by atoms with E-state index in [0.29, 0.717) is 36.9 Å². The van der Waals surface area contributed by atoms with Crippen LogP contribution in [-0.2, 0) is 4.79 Å². The van der Waals surface area contributed by atoms with Gasteiger partial charge in [0.2, 0.25) is 0 Å². The van der Waals surface area contributed by atoms with Crippen molar-refractivity contribution in [1.29, 1.82) is 0 Å². The van der Waals surface area contributed by atoms with Crippen molar-refractivity contribution in [3.8, 4) is 5.75 Å². The molecule has 1 aromatic carbocycles. The molecule has 0 aromatic heterocycles. The molecule has 1 aliphatic heterocycles. The molecule has 2 N–H and O–H groups in total. The minimum absolute atomic E-state index is 0.146. The van der Waals surface area contributed by atoms with Gasteiger partial charge in [-0.3, -0.25) is 4.79 Å². The van der Waals surface area contributed by atoms with E-state index in [4.69, 9.17) is 4.74 Å². The molecule has 2 aliphatic rings. The van der Waals surface area contributed by atoms with E-state index in [1.54, 1.807) is 6.92 Å². The maximum absolute atomic E-state index is 13.4. The van der Waals surface area contributed by atoms with Gasteiger partial charge in [-0.1, -0.05) is 0 Å². The third-order valence-corrected chi connectivity index (χ3v) is 4.63. The van der Waals surface area contributed by atoms with Gasteiger partial charge in [0.15, 0.2) is 0 Å². The molecule has 1 atom stereocenters. The third-order valence-electron chi connectivity index (χ3n) is 4.63. The van der Waals surface area contributed by atoms with Crippen LogP contribution in [0.3, 0.4) is 0 Å². The lowest BCUT2D eigenvalue weighted by atomic mass is 9.90. The Bertz CT molecular complexity index is 662. The maximum Gasteiger partial charge on any atom is 0.321 e. The van der Waals surface area contributed by atoms with Crippen LogP contribution in [-0.4, -0.2) is 41.7 Å². The van der Waals surface area contributed by atoms with Crippen LogP contribution >= 0.6 is 0 Å². The maximum atomic E-state index is 13.4. The molecule has 1 saturated carbocycles. The summed E-state index contributed by atoms with van der Waals surface area (Å²) in [5, 5.41) is 11.9. The normalized spacial score (nSPS) is 23.2. The van der Waals surface area contributed by atoms with Crippen LogP contribution in [0.25, 0.3) is 0 Å². The fourth-order valence-corrected chi connectivity index (χ4v) is 2.71. The van der Waals surface area contributed by atoms with Crippen molar-refractivity contribution in [3.63, 3.8) is 0 Å². The molecule has 0 bridgehead atoms. The van der Waals surface area contributed by atoms with E-state index in [1.807, 2.05) is 0 Å². The first-order valence-electron chi connectivity index (χ1n) is 8.09. The first kappa shape index (κ1) is 16.5. The number of aliphatic carboxylic acids is 1. The van der Waals surface area contributed by atoms with Gasteiger partial charge in [0.05, 0.1) is 17.7 Å². The number of nitrogens with zero attached hydrogens (tertiary/aromatic N) is 1. The molecule has 1 aromatic rings. The van der Waals surface area contributed by atoms with Crippen molar-refractivity contribution in [1.82, 2.24) is 4.90 Å². The highest BCUT2D eigenvalue weighted by Gasteiger charge is 2.42. The zero-order valence-corrected chi connectivity index (χ0v) is 13.5. The zero-order chi connectivity index (χ0) is 17.3. The van der Waals surface area contributed by atoms with Crippen molar-refractivity contribution >= 4 is 17.7 Å². The van der Waals surface area contributed by atoms with Crippen LogP contribution in [0.15, 0.2) is 18.2 Å². The quantitative estimate of drug-likeness (QED) is 0.866. The number of hydrogen-bond donors (Lipinski definition) is 2. The zero-order valence-electron chi connectivity index (χ0n) is 13.5. The Hall–Kier alpha value is -2.31. The van der Waals surface area contributed by atoms with Gasteiger partial charge in [-0.25, -0.2) is 9.18 Å². The molecule has 1 unspecified atom stereocenters. The number of amides is 2. The number of rotatable bonds is 5. The number of hydrogen-bond acceptors (Lipinski definition) is 3. The molecule has 1 aliphatic carbocycles.